The molecule has 0 bridgehead atoms. The molecule has 1 aliphatic rings. The van der Waals surface area contributed by atoms with Crippen LogP contribution in [0.3, 0.4) is 0 Å². The third kappa shape index (κ3) is 7.79. The third-order valence-electron chi connectivity index (χ3n) is 6.67. The number of nitrogens with one attached hydrogen (secondary N) is 2. The Morgan fingerprint density at radius 1 is 1.07 bits per heavy atom. The quantitative estimate of drug-likeness (QED) is 0.328. The molecule has 1 aliphatic heterocycles. The maximum atomic E-state index is 13.7. The first kappa shape index (κ1) is 30.8. The number of pyridine rings is 1. The van der Waals surface area contributed by atoms with Gasteiger partial charge in [-0.1, -0.05) is 44.2 Å². The highest BCUT2D eigenvalue weighted by Gasteiger charge is 2.40. The van der Waals surface area contributed by atoms with Crippen molar-refractivity contribution in [1.29, 1.82) is 0 Å². The highest BCUT2D eigenvalue weighted by Crippen LogP contribution is 2.28. The van der Waals surface area contributed by atoms with Crippen molar-refractivity contribution < 1.29 is 31.1 Å². The van der Waals surface area contributed by atoms with Gasteiger partial charge in [0.25, 0.3) is 0 Å². The summed E-state index contributed by atoms with van der Waals surface area (Å²) >= 11 is 0. The summed E-state index contributed by atoms with van der Waals surface area (Å²) in [5.41, 5.74) is 2.76. The first-order valence-corrected chi connectivity index (χ1v) is 14.8. The fourth-order valence-electron chi connectivity index (χ4n) is 4.62. The van der Waals surface area contributed by atoms with Crippen molar-refractivity contribution in [3.05, 3.63) is 90.8 Å². The van der Waals surface area contributed by atoms with E-state index in [1.807, 2.05) is 29.2 Å². The van der Waals surface area contributed by atoms with Crippen LogP contribution in [-0.2, 0) is 27.8 Å². The molecule has 0 saturated carbocycles. The van der Waals surface area contributed by atoms with Crippen LogP contribution in [0.1, 0.15) is 24.5 Å². The zero-order chi connectivity index (χ0) is 30.3. The van der Waals surface area contributed by atoms with Gasteiger partial charge in [0.15, 0.2) is 0 Å². The molecule has 2 N–H and O–H groups in total. The van der Waals surface area contributed by atoms with Crippen LogP contribution >= 0.6 is 0 Å². The molecule has 1 fully saturated rings. The summed E-state index contributed by atoms with van der Waals surface area (Å²) < 4.78 is 70.0. The summed E-state index contributed by atoms with van der Waals surface area (Å²) in [5.74, 6) is -0.506. The molecule has 1 aromatic heterocycles. The van der Waals surface area contributed by atoms with E-state index in [4.69, 9.17) is 0 Å². The van der Waals surface area contributed by atoms with Crippen LogP contribution in [0.15, 0.2) is 84.5 Å². The lowest BCUT2D eigenvalue weighted by Gasteiger charge is -2.40. The van der Waals surface area contributed by atoms with Gasteiger partial charge in [-0.05, 0) is 60.1 Å². The smallest absolute Gasteiger partial charge is 0.406 e. The second-order valence-corrected chi connectivity index (χ2v) is 11.5. The second-order valence-electron chi connectivity index (χ2n) is 9.63. The van der Waals surface area contributed by atoms with Gasteiger partial charge in [0.05, 0.1) is 16.8 Å². The highest BCUT2D eigenvalue weighted by atomic mass is 32.2. The summed E-state index contributed by atoms with van der Waals surface area (Å²) in [4.78, 5) is 19.5. The molecule has 13 heteroatoms. The van der Waals surface area contributed by atoms with Crippen molar-refractivity contribution in [2.75, 3.05) is 29.9 Å². The summed E-state index contributed by atoms with van der Waals surface area (Å²) in [7, 11) is -4.26. The van der Waals surface area contributed by atoms with E-state index in [0.717, 1.165) is 47.0 Å². The van der Waals surface area contributed by atoms with E-state index in [-0.39, 0.29) is 31.1 Å². The van der Waals surface area contributed by atoms with Crippen LogP contribution in [0.5, 0.6) is 5.75 Å². The molecule has 42 heavy (non-hydrogen) atoms. The summed E-state index contributed by atoms with van der Waals surface area (Å²) in [6.07, 6.45) is 0.157. The van der Waals surface area contributed by atoms with Crippen molar-refractivity contribution in [2.24, 2.45) is 0 Å². The summed E-state index contributed by atoms with van der Waals surface area (Å²) in [6.45, 7) is 6.09. The Labute approximate surface area is 243 Å². The lowest BCUT2D eigenvalue weighted by atomic mass is 10.1. The largest absolute Gasteiger partial charge is 0.573 e. The fourth-order valence-corrected chi connectivity index (χ4v) is 6.19. The van der Waals surface area contributed by atoms with Gasteiger partial charge in [-0.2, -0.15) is 4.31 Å². The summed E-state index contributed by atoms with van der Waals surface area (Å²) in [6, 6.07) is 14.1. The Bertz CT molecular complexity index is 1470. The number of rotatable bonds is 11. The molecule has 9 nitrogen and oxygen atoms in total. The normalized spacial score (nSPS) is 16.1. The molecular weight excluding hydrogens is 571 g/mol. The van der Waals surface area contributed by atoms with Crippen LogP contribution in [0.2, 0.25) is 0 Å². The number of ether oxygens (including phenoxy) is 1. The third-order valence-corrected chi connectivity index (χ3v) is 8.59. The zero-order valence-electron chi connectivity index (χ0n) is 23.0. The van der Waals surface area contributed by atoms with E-state index >= 15 is 0 Å². The molecule has 4 rings (SSSR count). The monoisotopic (exact) mass is 603 g/mol. The van der Waals surface area contributed by atoms with Gasteiger partial charge in [0.1, 0.15) is 17.6 Å². The van der Waals surface area contributed by atoms with Crippen molar-refractivity contribution in [2.45, 2.75) is 43.6 Å². The van der Waals surface area contributed by atoms with Gasteiger partial charge in [-0.3, -0.25) is 4.79 Å². The van der Waals surface area contributed by atoms with E-state index in [1.54, 1.807) is 18.3 Å². The van der Waals surface area contributed by atoms with Crippen LogP contribution in [0.25, 0.3) is 0 Å². The molecule has 1 saturated heterocycles. The van der Waals surface area contributed by atoms with Crippen molar-refractivity contribution in [3.8, 4) is 5.75 Å². The lowest BCUT2D eigenvalue weighted by Crippen LogP contribution is -2.60. The SMILES string of the molecule is C=CNc1ccc(N2CCN(S(=O)(=O)c3ccc(OC(F)(F)F)cc3)[C@@H](C(=O)NCc3ccc(CCC)cc3)C2)nc1. The number of alkyl halides is 3. The minimum Gasteiger partial charge on any atom is -0.406 e. The van der Waals surface area contributed by atoms with Crippen LogP contribution in [0.4, 0.5) is 24.7 Å². The molecule has 0 aliphatic carbocycles. The highest BCUT2D eigenvalue weighted by molar-refractivity contribution is 7.89. The van der Waals surface area contributed by atoms with Crippen LogP contribution in [0, 0.1) is 0 Å². The zero-order valence-corrected chi connectivity index (χ0v) is 23.8. The number of piperazine rings is 1. The lowest BCUT2D eigenvalue weighted by molar-refractivity contribution is -0.274. The Morgan fingerprint density at radius 3 is 2.36 bits per heavy atom. The number of benzene rings is 2. The molecule has 224 valence electrons. The van der Waals surface area contributed by atoms with E-state index in [0.29, 0.717) is 11.5 Å². The second kappa shape index (κ2) is 13.3. The van der Waals surface area contributed by atoms with E-state index in [2.05, 4.69) is 33.9 Å². The topological polar surface area (TPSA) is 104 Å². The average molecular weight is 604 g/mol. The number of anilines is 2. The number of sulfonamides is 1. The predicted octanol–water partition coefficient (Wildman–Crippen LogP) is 4.68. The number of hydrogen-bond acceptors (Lipinski definition) is 7. The number of aryl methyl sites for hydroxylation is 1. The maximum Gasteiger partial charge on any atom is 0.573 e. The molecule has 2 aromatic carbocycles. The van der Waals surface area contributed by atoms with Crippen LogP contribution in [-0.4, -0.2) is 55.7 Å². The Kier molecular flexibility index (Phi) is 9.74. The first-order chi connectivity index (χ1) is 20.0. The molecule has 0 spiro atoms. The fraction of sp³-hybridized carbons (Fsp3) is 0.310. The molecule has 0 radical (unpaired) electrons. The Morgan fingerprint density at radius 2 is 1.76 bits per heavy atom. The Balaban J connectivity index is 1.56. The van der Waals surface area contributed by atoms with Crippen molar-refractivity contribution in [1.82, 2.24) is 14.6 Å². The summed E-state index contributed by atoms with van der Waals surface area (Å²) in [5, 5.41) is 5.78. The minimum absolute atomic E-state index is 0.0109. The van der Waals surface area contributed by atoms with Gasteiger partial charge in [0.2, 0.25) is 15.9 Å². The van der Waals surface area contributed by atoms with Gasteiger partial charge in [-0.25, -0.2) is 13.4 Å². The predicted molar refractivity (Wildman–Crippen MR) is 153 cm³/mol. The average Bonchev–Trinajstić information content (AvgIpc) is 2.96. The van der Waals surface area contributed by atoms with Gasteiger partial charge < -0.3 is 20.3 Å². The van der Waals surface area contributed by atoms with Crippen LogP contribution < -0.4 is 20.3 Å². The molecular formula is C29H32F3N5O4S. The standard InChI is InChI=1S/C29H32F3N5O4S/c1-3-5-21-6-8-22(9-7-21)18-35-28(38)26-20-36(27-15-10-23(19-34-27)33-4-2)16-17-37(26)42(39,40)25-13-11-24(12-14-25)41-29(30,31)32/h4,6-15,19,26,33H,2-3,5,16-18,20H2,1H3,(H,35,38)/t26-/m1/s1. The molecule has 3 aromatic rings. The number of nitrogens with zero attached hydrogens (tertiary/aromatic N) is 3. The van der Waals surface area contributed by atoms with E-state index in [9.17, 15) is 26.4 Å². The first-order valence-electron chi connectivity index (χ1n) is 13.3. The number of carbonyl (C=O) groups excluding carboxylic acids is 1. The van der Waals surface area contributed by atoms with E-state index < -0.39 is 34.1 Å². The van der Waals surface area contributed by atoms with Gasteiger partial charge in [-0.15, -0.1) is 13.2 Å². The number of halogens is 3. The Hall–Kier alpha value is -4.10. The minimum atomic E-state index is -4.91. The number of carbonyl (C=O) groups is 1. The number of amides is 1. The van der Waals surface area contributed by atoms with Crippen molar-refractivity contribution >= 4 is 27.4 Å². The van der Waals surface area contributed by atoms with Gasteiger partial charge >= 0.3 is 6.36 Å². The molecule has 2 heterocycles. The molecule has 1 atom stereocenters. The molecule has 0 unspecified atom stereocenters. The van der Waals surface area contributed by atoms with Gasteiger partial charge in [0, 0.05) is 26.2 Å². The van der Waals surface area contributed by atoms with E-state index in [1.165, 1.54) is 11.8 Å². The van der Waals surface area contributed by atoms with Crippen molar-refractivity contribution in [3.63, 3.8) is 0 Å². The number of hydrogen-bond donors (Lipinski definition) is 2. The number of aromatic nitrogens is 1. The molecule has 1 amide bonds. The maximum absolute atomic E-state index is 13.7.